The Bertz CT molecular complexity index is 371. The van der Waals surface area contributed by atoms with Crippen molar-refractivity contribution in [2.24, 2.45) is 5.73 Å². The molecule has 0 aliphatic rings. The quantitative estimate of drug-likeness (QED) is 0.761. The van der Waals surface area contributed by atoms with Crippen LogP contribution >= 0.6 is 0 Å². The van der Waals surface area contributed by atoms with Crippen molar-refractivity contribution in [1.29, 1.82) is 0 Å². The van der Waals surface area contributed by atoms with Crippen LogP contribution in [0.5, 0.6) is 0 Å². The molecule has 2 N–H and O–H groups in total. The summed E-state index contributed by atoms with van der Waals surface area (Å²) in [6, 6.07) is 8.53. The first-order chi connectivity index (χ1) is 8.10. The number of hydrogen-bond acceptors (Lipinski definition) is 2. The van der Waals surface area contributed by atoms with Crippen molar-refractivity contribution in [3.63, 3.8) is 0 Å². The van der Waals surface area contributed by atoms with E-state index in [0.29, 0.717) is 0 Å². The van der Waals surface area contributed by atoms with E-state index in [1.165, 1.54) is 16.8 Å². The minimum Gasteiger partial charge on any atom is -0.368 e. The molecule has 0 radical (unpaired) electrons. The third-order valence-electron chi connectivity index (χ3n) is 2.96. The molecule has 2 heteroatoms. The maximum Gasteiger partial charge on any atom is 0.0417 e. The van der Waals surface area contributed by atoms with Gasteiger partial charge in [0.1, 0.15) is 0 Å². The zero-order chi connectivity index (χ0) is 12.8. The van der Waals surface area contributed by atoms with Crippen molar-refractivity contribution in [2.75, 3.05) is 18.0 Å². The number of rotatable bonds is 6. The average molecular weight is 232 g/mol. The lowest BCUT2D eigenvalue weighted by Crippen LogP contribution is -2.27. The first-order valence-corrected chi connectivity index (χ1v) is 6.33. The highest BCUT2D eigenvalue weighted by Crippen LogP contribution is 2.27. The second-order valence-corrected chi connectivity index (χ2v) is 4.54. The summed E-state index contributed by atoms with van der Waals surface area (Å²) in [6.45, 7) is 12.2. The van der Waals surface area contributed by atoms with Gasteiger partial charge in [-0.1, -0.05) is 37.3 Å². The lowest BCUT2D eigenvalue weighted by molar-refractivity contribution is 0.693. The molecule has 1 aromatic rings. The van der Waals surface area contributed by atoms with E-state index in [9.17, 15) is 0 Å². The number of nitrogens with zero attached hydrogens (tertiary/aromatic N) is 1. The van der Waals surface area contributed by atoms with Gasteiger partial charge in [-0.3, -0.25) is 0 Å². The van der Waals surface area contributed by atoms with Crippen molar-refractivity contribution in [1.82, 2.24) is 0 Å². The van der Waals surface area contributed by atoms with Gasteiger partial charge in [0.05, 0.1) is 0 Å². The first-order valence-electron chi connectivity index (χ1n) is 6.33. The number of para-hydroxylation sites is 1. The molecular formula is C15H24N2. The van der Waals surface area contributed by atoms with Gasteiger partial charge in [-0.2, -0.15) is 0 Å². The lowest BCUT2D eigenvalue weighted by atomic mass is 10.0. The molecule has 0 bridgehead atoms. The summed E-state index contributed by atoms with van der Waals surface area (Å²) in [6.07, 6.45) is 0.960. The molecule has 0 heterocycles. The molecule has 0 spiro atoms. The third-order valence-corrected chi connectivity index (χ3v) is 2.96. The van der Waals surface area contributed by atoms with Gasteiger partial charge >= 0.3 is 0 Å². The van der Waals surface area contributed by atoms with Crippen LogP contribution in [0.25, 0.3) is 0 Å². The Morgan fingerprint density at radius 1 is 1.35 bits per heavy atom. The van der Waals surface area contributed by atoms with Gasteiger partial charge in [-0.15, -0.1) is 0 Å². The fourth-order valence-electron chi connectivity index (χ4n) is 2.00. The Hall–Kier alpha value is -1.28. The van der Waals surface area contributed by atoms with Crippen LogP contribution in [0.15, 0.2) is 36.4 Å². The molecular weight excluding hydrogens is 208 g/mol. The Balaban J connectivity index is 3.05. The average Bonchev–Trinajstić information content (AvgIpc) is 2.34. The molecule has 2 nitrogen and oxygen atoms in total. The normalized spacial score (nSPS) is 12.2. The van der Waals surface area contributed by atoms with Gasteiger partial charge in [-0.05, 0) is 31.9 Å². The van der Waals surface area contributed by atoms with Crippen LogP contribution < -0.4 is 10.6 Å². The van der Waals surface area contributed by atoms with Crippen molar-refractivity contribution < 1.29 is 0 Å². The third kappa shape index (κ3) is 3.60. The Labute approximate surface area is 105 Å². The maximum atomic E-state index is 6.17. The van der Waals surface area contributed by atoms with Crippen LogP contribution in [0.1, 0.15) is 38.8 Å². The molecule has 0 aliphatic carbocycles. The van der Waals surface area contributed by atoms with Crippen molar-refractivity contribution in [2.45, 2.75) is 33.2 Å². The van der Waals surface area contributed by atoms with E-state index in [-0.39, 0.29) is 6.04 Å². The summed E-state index contributed by atoms with van der Waals surface area (Å²) in [5, 5.41) is 0. The van der Waals surface area contributed by atoms with E-state index in [0.717, 1.165) is 19.5 Å². The highest BCUT2D eigenvalue weighted by atomic mass is 15.1. The molecule has 94 valence electrons. The van der Waals surface area contributed by atoms with E-state index in [4.69, 9.17) is 5.73 Å². The van der Waals surface area contributed by atoms with E-state index >= 15 is 0 Å². The van der Waals surface area contributed by atoms with Crippen LogP contribution in [-0.2, 0) is 0 Å². The molecule has 0 saturated heterocycles. The number of nitrogens with two attached hydrogens (primary N) is 1. The van der Waals surface area contributed by atoms with E-state index < -0.39 is 0 Å². The molecule has 0 amide bonds. The summed E-state index contributed by atoms with van der Waals surface area (Å²) in [5.41, 5.74) is 9.82. The summed E-state index contributed by atoms with van der Waals surface area (Å²) in [5.74, 6) is 0. The molecule has 1 aromatic carbocycles. The standard InChI is InChI=1S/C15H24N2/c1-5-14(16)13-9-7-8-10-15(13)17(6-2)11-12(3)4/h7-10,14H,3,5-6,11,16H2,1-2,4H3/t14-/m0/s1. The van der Waals surface area contributed by atoms with Gasteiger partial charge < -0.3 is 10.6 Å². The van der Waals surface area contributed by atoms with Gasteiger partial charge in [0.25, 0.3) is 0 Å². The molecule has 1 atom stereocenters. The van der Waals surface area contributed by atoms with Crippen LogP contribution in [0, 0.1) is 0 Å². The van der Waals surface area contributed by atoms with Crippen molar-refractivity contribution in [3.05, 3.63) is 42.0 Å². The zero-order valence-electron chi connectivity index (χ0n) is 11.2. The summed E-state index contributed by atoms with van der Waals surface area (Å²) in [4.78, 5) is 2.33. The maximum absolute atomic E-state index is 6.17. The van der Waals surface area contributed by atoms with Gasteiger partial charge in [0.2, 0.25) is 0 Å². The van der Waals surface area contributed by atoms with Crippen LogP contribution in [0.4, 0.5) is 5.69 Å². The second-order valence-electron chi connectivity index (χ2n) is 4.54. The van der Waals surface area contributed by atoms with Gasteiger partial charge in [0.15, 0.2) is 0 Å². The molecule has 0 unspecified atom stereocenters. The lowest BCUT2D eigenvalue weighted by Gasteiger charge is -2.27. The number of hydrogen-bond donors (Lipinski definition) is 1. The monoisotopic (exact) mass is 232 g/mol. The van der Waals surface area contributed by atoms with Crippen molar-refractivity contribution in [3.8, 4) is 0 Å². The Kier molecular flexibility index (Phi) is 5.23. The second kappa shape index (κ2) is 6.45. The largest absolute Gasteiger partial charge is 0.368 e. The predicted molar refractivity (Wildman–Crippen MR) is 76.4 cm³/mol. The Morgan fingerprint density at radius 2 is 2.00 bits per heavy atom. The molecule has 1 rings (SSSR count). The number of anilines is 1. The Morgan fingerprint density at radius 3 is 2.53 bits per heavy atom. The summed E-state index contributed by atoms with van der Waals surface area (Å²) in [7, 11) is 0. The molecule has 0 aromatic heterocycles. The fraction of sp³-hybridized carbons (Fsp3) is 0.467. The zero-order valence-corrected chi connectivity index (χ0v) is 11.2. The molecule has 0 saturated carbocycles. The minimum absolute atomic E-state index is 0.116. The predicted octanol–water partition coefficient (Wildman–Crippen LogP) is 3.50. The summed E-state index contributed by atoms with van der Waals surface area (Å²) >= 11 is 0. The van der Waals surface area contributed by atoms with Crippen molar-refractivity contribution >= 4 is 5.69 Å². The van der Waals surface area contributed by atoms with E-state index in [1.54, 1.807) is 0 Å². The van der Waals surface area contributed by atoms with E-state index in [2.05, 4.69) is 56.5 Å². The fourth-order valence-corrected chi connectivity index (χ4v) is 2.00. The molecule has 0 fully saturated rings. The summed E-state index contributed by atoms with van der Waals surface area (Å²) < 4.78 is 0. The highest BCUT2D eigenvalue weighted by Gasteiger charge is 2.13. The van der Waals surface area contributed by atoms with Gasteiger partial charge in [-0.25, -0.2) is 0 Å². The topological polar surface area (TPSA) is 29.3 Å². The first kappa shape index (κ1) is 13.8. The van der Waals surface area contributed by atoms with E-state index in [1.807, 2.05) is 0 Å². The molecule has 0 aliphatic heterocycles. The number of likely N-dealkylation sites (N-methyl/N-ethyl adjacent to an activating group) is 1. The minimum atomic E-state index is 0.116. The van der Waals surface area contributed by atoms with Crippen LogP contribution in [-0.4, -0.2) is 13.1 Å². The van der Waals surface area contributed by atoms with Crippen LogP contribution in [0.2, 0.25) is 0 Å². The highest BCUT2D eigenvalue weighted by molar-refractivity contribution is 5.55. The van der Waals surface area contributed by atoms with Crippen LogP contribution in [0.3, 0.4) is 0 Å². The number of benzene rings is 1. The molecule has 17 heavy (non-hydrogen) atoms. The smallest absolute Gasteiger partial charge is 0.0417 e. The van der Waals surface area contributed by atoms with Gasteiger partial charge in [0, 0.05) is 24.8 Å². The SMILES string of the molecule is C=C(C)CN(CC)c1ccccc1[C@@H](N)CC.